The number of piperidine rings is 1. The fourth-order valence-electron chi connectivity index (χ4n) is 7.77. The van der Waals surface area contributed by atoms with E-state index in [0.717, 1.165) is 24.8 Å². The number of carbonyl (C=O) groups is 6. The number of rotatable bonds is 15. The molecule has 4 rings (SSSR count). The maximum absolute atomic E-state index is 14.2. The summed E-state index contributed by atoms with van der Waals surface area (Å²) < 4.78 is 5.71. The van der Waals surface area contributed by atoms with Crippen LogP contribution >= 0.6 is 0 Å². The standard InChI is InChI=1S/C38H55N3O7/c1-8-13-25(33(45)27(42)18-19-30(44)39-21-24-15-10-9-11-16-24)20-28(43)32-31-26(38(31,6)7)22-41(32)35(46)34(37(3,4)5)40-36(47)48-29-17-12-14-23(29)2/h9-11,15-16,23,25-26,29,31-32,34H,8,12-14,17-22H2,1-7H3,(H,39,44)(H,40,47)/t23?,25?,26?,29?,31-,32+,34+/m0/s1. The molecule has 0 aromatic heterocycles. The van der Waals surface area contributed by atoms with Crippen LogP contribution in [-0.2, 0) is 35.3 Å². The smallest absolute Gasteiger partial charge is 0.408 e. The largest absolute Gasteiger partial charge is 0.446 e. The molecule has 4 unspecified atom stereocenters. The van der Waals surface area contributed by atoms with Gasteiger partial charge in [-0.2, -0.15) is 0 Å². The van der Waals surface area contributed by atoms with Crippen LogP contribution in [0.4, 0.5) is 4.79 Å². The monoisotopic (exact) mass is 665 g/mol. The van der Waals surface area contributed by atoms with Crippen LogP contribution < -0.4 is 10.6 Å². The van der Waals surface area contributed by atoms with Crippen LogP contribution in [0.2, 0.25) is 0 Å². The summed E-state index contributed by atoms with van der Waals surface area (Å²) in [5.74, 6) is -2.70. The van der Waals surface area contributed by atoms with E-state index in [1.807, 2.05) is 58.0 Å². The van der Waals surface area contributed by atoms with Gasteiger partial charge in [0, 0.05) is 38.3 Å². The second-order valence-electron chi connectivity index (χ2n) is 15.9. The second kappa shape index (κ2) is 15.3. The average Bonchev–Trinajstić information content (AvgIpc) is 3.36. The Morgan fingerprint density at radius 1 is 1.02 bits per heavy atom. The number of ketones is 3. The molecule has 2 aliphatic carbocycles. The number of nitrogens with zero attached hydrogens (tertiary/aromatic N) is 1. The quantitative estimate of drug-likeness (QED) is 0.239. The summed E-state index contributed by atoms with van der Waals surface area (Å²) in [4.78, 5) is 81.6. The van der Waals surface area contributed by atoms with E-state index in [4.69, 9.17) is 4.74 Å². The van der Waals surface area contributed by atoms with Crippen molar-refractivity contribution in [2.45, 2.75) is 125 Å². The van der Waals surface area contributed by atoms with Gasteiger partial charge >= 0.3 is 6.09 Å². The Bertz CT molecular complexity index is 1370. The third-order valence-corrected chi connectivity index (χ3v) is 10.9. The second-order valence-corrected chi connectivity index (χ2v) is 15.9. The minimum Gasteiger partial charge on any atom is -0.446 e. The zero-order chi connectivity index (χ0) is 35.4. The van der Waals surface area contributed by atoms with Gasteiger partial charge in [0.2, 0.25) is 17.6 Å². The van der Waals surface area contributed by atoms with Crippen molar-refractivity contribution >= 4 is 35.3 Å². The van der Waals surface area contributed by atoms with Crippen LogP contribution in [-0.4, -0.2) is 64.9 Å². The third kappa shape index (κ3) is 8.72. The molecule has 10 nitrogen and oxygen atoms in total. The number of carbonyl (C=O) groups excluding carboxylic acids is 6. The highest BCUT2D eigenvalue weighted by molar-refractivity contribution is 6.38. The van der Waals surface area contributed by atoms with E-state index in [-0.39, 0.29) is 66.1 Å². The first-order valence-corrected chi connectivity index (χ1v) is 17.7. The van der Waals surface area contributed by atoms with E-state index in [1.165, 1.54) is 0 Å². The number of nitrogens with one attached hydrogen (secondary N) is 2. The molecule has 2 N–H and O–H groups in total. The molecule has 1 heterocycles. The highest BCUT2D eigenvalue weighted by atomic mass is 16.6. The molecule has 3 aliphatic rings. The van der Waals surface area contributed by atoms with Crippen LogP contribution in [0.15, 0.2) is 30.3 Å². The first-order valence-electron chi connectivity index (χ1n) is 17.7. The molecule has 0 bridgehead atoms. The van der Waals surface area contributed by atoms with Crippen LogP contribution in [0, 0.1) is 34.5 Å². The summed E-state index contributed by atoms with van der Waals surface area (Å²) in [6.07, 6.45) is 2.42. The Morgan fingerprint density at radius 3 is 2.31 bits per heavy atom. The molecule has 7 atom stereocenters. The summed E-state index contributed by atoms with van der Waals surface area (Å²) in [6, 6.07) is 7.74. The van der Waals surface area contributed by atoms with E-state index in [1.54, 1.807) is 4.90 Å². The Kier molecular flexibility index (Phi) is 11.9. The van der Waals surface area contributed by atoms with Crippen LogP contribution in [0.5, 0.6) is 0 Å². The molecule has 2 saturated carbocycles. The lowest BCUT2D eigenvalue weighted by Crippen LogP contribution is -2.58. The highest BCUT2D eigenvalue weighted by Crippen LogP contribution is 2.65. The molecule has 3 amide bonds. The van der Waals surface area contributed by atoms with Crippen molar-refractivity contribution in [2.75, 3.05) is 6.54 Å². The molecule has 1 saturated heterocycles. The minimum absolute atomic E-state index is 0.0674. The number of benzene rings is 1. The molecule has 3 fully saturated rings. The molecule has 0 spiro atoms. The third-order valence-electron chi connectivity index (χ3n) is 10.9. The van der Waals surface area contributed by atoms with Gasteiger partial charge in [0.05, 0.1) is 6.04 Å². The zero-order valence-corrected chi connectivity index (χ0v) is 29.8. The van der Waals surface area contributed by atoms with Gasteiger partial charge in [0.25, 0.3) is 0 Å². The first-order chi connectivity index (χ1) is 22.6. The molecule has 1 aliphatic heterocycles. The van der Waals surface area contributed by atoms with Crippen LogP contribution in [0.3, 0.4) is 0 Å². The maximum Gasteiger partial charge on any atom is 0.408 e. The van der Waals surface area contributed by atoms with E-state index < -0.39 is 41.1 Å². The normalized spacial score (nSPS) is 25.4. The van der Waals surface area contributed by atoms with E-state index in [0.29, 0.717) is 25.9 Å². The van der Waals surface area contributed by atoms with Gasteiger partial charge in [0.1, 0.15) is 12.1 Å². The average molecular weight is 666 g/mol. The van der Waals surface area contributed by atoms with Crippen molar-refractivity contribution in [1.29, 1.82) is 0 Å². The number of Topliss-reactive ketones (excluding diaryl/α,β-unsaturated/α-hetero) is 3. The summed E-state index contributed by atoms with van der Waals surface area (Å²) in [6.45, 7) is 14.5. The lowest BCUT2D eigenvalue weighted by Gasteiger charge is -2.38. The molecule has 264 valence electrons. The van der Waals surface area contributed by atoms with Crippen molar-refractivity contribution in [3.05, 3.63) is 35.9 Å². The van der Waals surface area contributed by atoms with Gasteiger partial charge in [-0.25, -0.2) is 4.79 Å². The van der Waals surface area contributed by atoms with Crippen LogP contribution in [0.1, 0.15) is 105 Å². The number of fused-ring (bicyclic) bond motifs is 1. The van der Waals surface area contributed by atoms with Crippen molar-refractivity contribution < 1.29 is 33.5 Å². The van der Waals surface area contributed by atoms with Gasteiger partial charge in [-0.3, -0.25) is 24.0 Å². The molecule has 1 aromatic rings. The van der Waals surface area contributed by atoms with Gasteiger partial charge in [0.15, 0.2) is 11.6 Å². The fourth-order valence-corrected chi connectivity index (χ4v) is 7.77. The molecule has 48 heavy (non-hydrogen) atoms. The molecule has 1 aromatic carbocycles. The van der Waals surface area contributed by atoms with E-state index >= 15 is 0 Å². The number of ether oxygens (including phenoxy) is 1. The fraction of sp³-hybridized carbons (Fsp3) is 0.684. The Balaban J connectivity index is 1.41. The highest BCUT2D eigenvalue weighted by Gasteiger charge is 2.69. The maximum atomic E-state index is 14.2. The summed E-state index contributed by atoms with van der Waals surface area (Å²) >= 11 is 0. The SMILES string of the molecule is CCCC(CC(=O)[C@@H]1[C@@H]2C(CN1C(=O)[C@@H](NC(=O)OC1CCCC1C)C(C)(C)C)C2(C)C)C(=O)C(=O)CCC(=O)NCc1ccccc1. The molecular weight excluding hydrogens is 610 g/mol. The number of amides is 3. The molecule has 0 radical (unpaired) electrons. The van der Waals surface area contributed by atoms with E-state index in [9.17, 15) is 28.8 Å². The van der Waals surface area contributed by atoms with Gasteiger partial charge in [-0.1, -0.05) is 85.2 Å². The van der Waals surface area contributed by atoms with Crippen LogP contribution in [0.25, 0.3) is 0 Å². The predicted molar refractivity (Wildman–Crippen MR) is 181 cm³/mol. The van der Waals surface area contributed by atoms with Gasteiger partial charge in [-0.15, -0.1) is 0 Å². The Labute approximate surface area is 285 Å². The summed E-state index contributed by atoms with van der Waals surface area (Å²) in [7, 11) is 0. The molecular formula is C38H55N3O7. The summed E-state index contributed by atoms with van der Waals surface area (Å²) in [5.41, 5.74) is 0.124. The Morgan fingerprint density at radius 2 is 1.71 bits per heavy atom. The van der Waals surface area contributed by atoms with Gasteiger partial charge in [-0.05, 0) is 59.8 Å². The van der Waals surface area contributed by atoms with Crippen molar-refractivity contribution in [3.63, 3.8) is 0 Å². The number of alkyl carbamates (subject to hydrolysis) is 1. The van der Waals surface area contributed by atoms with Crippen molar-refractivity contribution in [2.24, 2.45) is 34.5 Å². The lowest BCUT2D eigenvalue weighted by molar-refractivity contribution is -0.145. The van der Waals surface area contributed by atoms with Crippen molar-refractivity contribution in [3.8, 4) is 0 Å². The van der Waals surface area contributed by atoms with Crippen molar-refractivity contribution in [1.82, 2.24) is 15.5 Å². The summed E-state index contributed by atoms with van der Waals surface area (Å²) in [5, 5.41) is 5.60. The Hall–Kier alpha value is -3.56. The number of likely N-dealkylation sites (tertiary alicyclic amines) is 1. The zero-order valence-electron chi connectivity index (χ0n) is 29.8. The topological polar surface area (TPSA) is 139 Å². The predicted octanol–water partition coefficient (Wildman–Crippen LogP) is 5.41. The molecule has 10 heteroatoms. The van der Waals surface area contributed by atoms with Gasteiger partial charge < -0.3 is 20.3 Å². The first kappa shape index (κ1) is 37.3. The van der Waals surface area contributed by atoms with E-state index in [2.05, 4.69) is 31.4 Å². The number of hydrogen-bond acceptors (Lipinski definition) is 7. The minimum atomic E-state index is -0.916. The lowest BCUT2D eigenvalue weighted by atomic mass is 9.84. The number of hydrogen-bond donors (Lipinski definition) is 2.